The summed E-state index contributed by atoms with van der Waals surface area (Å²) in [5.74, 6) is -2.54. The molecule has 120 valence electrons. The minimum Gasteiger partial charge on any atom is -0.478 e. The largest absolute Gasteiger partial charge is 0.478 e. The predicted molar refractivity (Wildman–Crippen MR) is 75.8 cm³/mol. The van der Waals surface area contributed by atoms with Crippen molar-refractivity contribution in [3.05, 3.63) is 23.3 Å². The molecule has 0 aromatic heterocycles. The summed E-state index contributed by atoms with van der Waals surface area (Å²) in [7, 11) is 1.40. The number of hydrogen-bond donors (Lipinski definition) is 2. The lowest BCUT2D eigenvalue weighted by atomic mass is 9.59. The van der Waals surface area contributed by atoms with Gasteiger partial charge in [0.15, 0.2) is 5.60 Å². The molecular weight excluding hydrogens is 288 g/mol. The van der Waals surface area contributed by atoms with Gasteiger partial charge in [-0.05, 0) is 18.8 Å². The van der Waals surface area contributed by atoms with E-state index in [-0.39, 0.29) is 30.6 Å². The number of cyclic esters (lactones) is 1. The van der Waals surface area contributed by atoms with Crippen LogP contribution in [0.2, 0.25) is 0 Å². The molecule has 5 atom stereocenters. The van der Waals surface area contributed by atoms with E-state index < -0.39 is 28.9 Å². The van der Waals surface area contributed by atoms with E-state index in [9.17, 15) is 19.8 Å². The van der Waals surface area contributed by atoms with Gasteiger partial charge in [0.05, 0.1) is 13.2 Å². The number of carboxylic acids is 1. The Morgan fingerprint density at radius 1 is 1.55 bits per heavy atom. The van der Waals surface area contributed by atoms with E-state index >= 15 is 0 Å². The molecule has 22 heavy (non-hydrogen) atoms. The average Bonchev–Trinajstić information content (AvgIpc) is 2.90. The first kappa shape index (κ1) is 15.2. The highest BCUT2D eigenvalue weighted by Gasteiger charge is 2.71. The van der Waals surface area contributed by atoms with Crippen molar-refractivity contribution >= 4 is 11.9 Å². The van der Waals surface area contributed by atoms with Gasteiger partial charge in [0.2, 0.25) is 0 Å². The maximum absolute atomic E-state index is 12.3. The Morgan fingerprint density at radius 2 is 2.23 bits per heavy atom. The number of esters is 1. The van der Waals surface area contributed by atoms with Crippen molar-refractivity contribution in [2.45, 2.75) is 19.4 Å². The first-order valence-corrected chi connectivity index (χ1v) is 7.32. The molecule has 0 saturated carbocycles. The van der Waals surface area contributed by atoms with Crippen LogP contribution in [0.3, 0.4) is 0 Å². The van der Waals surface area contributed by atoms with Crippen LogP contribution in [0, 0.1) is 23.2 Å². The summed E-state index contributed by atoms with van der Waals surface area (Å²) in [6.07, 6.45) is 3.56. The van der Waals surface area contributed by atoms with Gasteiger partial charge in [0.25, 0.3) is 0 Å². The third-order valence-electron chi connectivity index (χ3n) is 5.62. The van der Waals surface area contributed by atoms with Crippen LogP contribution >= 0.6 is 0 Å². The van der Waals surface area contributed by atoms with Crippen LogP contribution in [-0.4, -0.2) is 48.1 Å². The minimum atomic E-state index is -1.88. The van der Waals surface area contributed by atoms with Crippen LogP contribution in [0.4, 0.5) is 0 Å². The van der Waals surface area contributed by atoms with E-state index in [1.165, 1.54) is 7.11 Å². The maximum atomic E-state index is 12.3. The quantitative estimate of drug-likeness (QED) is 0.590. The lowest BCUT2D eigenvalue weighted by Gasteiger charge is -2.50. The highest BCUT2D eigenvalue weighted by Crippen LogP contribution is 2.64. The first-order valence-electron chi connectivity index (χ1n) is 7.32. The zero-order valence-electron chi connectivity index (χ0n) is 12.8. The lowest BCUT2D eigenvalue weighted by molar-refractivity contribution is -0.214. The molecule has 1 fully saturated rings. The summed E-state index contributed by atoms with van der Waals surface area (Å²) >= 11 is 0. The Labute approximate surface area is 128 Å². The number of hydrogen-bond acceptors (Lipinski definition) is 5. The van der Waals surface area contributed by atoms with E-state index in [2.05, 4.69) is 0 Å². The van der Waals surface area contributed by atoms with E-state index in [1.54, 1.807) is 6.08 Å². The zero-order chi connectivity index (χ0) is 16.3. The molecule has 0 unspecified atom stereocenters. The lowest BCUT2D eigenvalue weighted by Crippen LogP contribution is -2.65. The number of allylic oxidation sites excluding steroid dienone is 2. The fraction of sp³-hybridized carbons (Fsp3) is 0.625. The fourth-order valence-corrected chi connectivity index (χ4v) is 4.46. The van der Waals surface area contributed by atoms with E-state index in [4.69, 9.17) is 9.47 Å². The van der Waals surface area contributed by atoms with Gasteiger partial charge >= 0.3 is 11.9 Å². The maximum Gasteiger partial charge on any atom is 0.341 e. The smallest absolute Gasteiger partial charge is 0.341 e. The van der Waals surface area contributed by atoms with Crippen molar-refractivity contribution in [3.8, 4) is 0 Å². The van der Waals surface area contributed by atoms with Gasteiger partial charge in [-0.1, -0.05) is 24.6 Å². The van der Waals surface area contributed by atoms with Crippen LogP contribution in [-0.2, 0) is 19.1 Å². The number of methoxy groups -OCH3 is 1. The zero-order valence-corrected chi connectivity index (χ0v) is 12.8. The normalized spacial score (nSPS) is 43.1. The first-order chi connectivity index (χ1) is 10.3. The van der Waals surface area contributed by atoms with Gasteiger partial charge in [0.1, 0.15) is 0 Å². The third-order valence-corrected chi connectivity index (χ3v) is 5.62. The van der Waals surface area contributed by atoms with E-state index in [0.29, 0.717) is 0 Å². The Hall–Kier alpha value is -1.66. The Bertz CT molecular complexity index is 606. The van der Waals surface area contributed by atoms with Crippen LogP contribution in [0.15, 0.2) is 23.3 Å². The van der Waals surface area contributed by atoms with Crippen LogP contribution in [0.25, 0.3) is 0 Å². The molecule has 6 heteroatoms. The molecule has 1 aliphatic heterocycles. The second-order valence-electron chi connectivity index (χ2n) is 6.51. The van der Waals surface area contributed by atoms with Crippen LogP contribution in [0.5, 0.6) is 0 Å². The Morgan fingerprint density at radius 3 is 2.82 bits per heavy atom. The summed E-state index contributed by atoms with van der Waals surface area (Å²) < 4.78 is 10.2. The summed E-state index contributed by atoms with van der Waals surface area (Å²) in [6.45, 7) is 3.67. The molecule has 1 heterocycles. The second-order valence-corrected chi connectivity index (χ2v) is 6.51. The molecule has 3 aliphatic rings. The van der Waals surface area contributed by atoms with Crippen molar-refractivity contribution in [2.75, 3.05) is 20.3 Å². The number of aliphatic carboxylic acids is 1. The van der Waals surface area contributed by atoms with Crippen LogP contribution in [0.1, 0.15) is 13.8 Å². The van der Waals surface area contributed by atoms with Gasteiger partial charge < -0.3 is 19.7 Å². The van der Waals surface area contributed by atoms with Gasteiger partial charge in [0, 0.05) is 24.0 Å². The number of ether oxygens (including phenoxy) is 2. The van der Waals surface area contributed by atoms with Gasteiger partial charge in [-0.3, -0.25) is 0 Å². The molecule has 0 bridgehead atoms. The summed E-state index contributed by atoms with van der Waals surface area (Å²) in [4.78, 5) is 23.9. The van der Waals surface area contributed by atoms with E-state index in [1.807, 2.05) is 19.9 Å². The third kappa shape index (κ3) is 1.57. The molecule has 2 aliphatic carbocycles. The summed E-state index contributed by atoms with van der Waals surface area (Å²) in [5, 5.41) is 20.6. The number of aliphatic hydroxyl groups is 1. The molecule has 0 amide bonds. The van der Waals surface area contributed by atoms with Crippen molar-refractivity contribution < 1.29 is 29.3 Å². The molecule has 2 N–H and O–H groups in total. The summed E-state index contributed by atoms with van der Waals surface area (Å²) in [5.41, 5.74) is -1.63. The monoisotopic (exact) mass is 308 g/mol. The van der Waals surface area contributed by atoms with E-state index in [0.717, 1.165) is 5.57 Å². The van der Waals surface area contributed by atoms with Crippen molar-refractivity contribution in [1.82, 2.24) is 0 Å². The molecule has 0 aromatic rings. The Kier molecular flexibility index (Phi) is 3.23. The molecule has 1 spiro atoms. The molecule has 1 saturated heterocycles. The minimum absolute atomic E-state index is 0.0318. The van der Waals surface area contributed by atoms with Crippen molar-refractivity contribution in [1.29, 1.82) is 0 Å². The van der Waals surface area contributed by atoms with Gasteiger partial charge in [-0.25, -0.2) is 9.59 Å². The number of rotatable bonds is 3. The molecular formula is C16H20O6. The molecule has 3 rings (SSSR count). The highest BCUT2D eigenvalue weighted by molar-refractivity contribution is 5.91. The number of carboxylic acid groups (broad SMARTS) is 1. The second kappa shape index (κ2) is 4.67. The van der Waals surface area contributed by atoms with Gasteiger partial charge in [-0.15, -0.1) is 0 Å². The summed E-state index contributed by atoms with van der Waals surface area (Å²) in [6, 6.07) is 0. The number of carbonyl (C=O) groups excluding carboxylic acids is 1. The van der Waals surface area contributed by atoms with Crippen molar-refractivity contribution in [3.63, 3.8) is 0 Å². The molecule has 0 aromatic carbocycles. The van der Waals surface area contributed by atoms with Crippen molar-refractivity contribution in [2.24, 2.45) is 23.2 Å². The highest BCUT2D eigenvalue weighted by atomic mass is 16.6. The van der Waals surface area contributed by atoms with Gasteiger partial charge in [-0.2, -0.15) is 0 Å². The molecule has 0 radical (unpaired) electrons. The standard InChI is InChI=1S/C16H20O6/c1-8-5-15-11(9(8)2)4-10(13(17)18)12(15)6-22-14(19)16(15,20)7-21-3/h4-5,9,11-12,20H,6-7H2,1-3H3,(H,17,18)/t9-,11+,12-,15+,16+/m1/s1. The van der Waals surface area contributed by atoms with Crippen LogP contribution < -0.4 is 0 Å². The number of carbonyl (C=O) groups is 2. The SMILES string of the molecule is COC[C@]1(O)C(=O)OC[C@@H]2C(C(=O)O)=C[C@H]3[C@H](C)C(C)=C[C@@]231. The predicted octanol–water partition coefficient (Wildman–Crippen LogP) is 0.760. The average molecular weight is 308 g/mol. The molecule has 6 nitrogen and oxygen atoms in total. The fourth-order valence-electron chi connectivity index (χ4n) is 4.46. The topological polar surface area (TPSA) is 93.1 Å². The Balaban J connectivity index is 2.21.